The van der Waals surface area contributed by atoms with E-state index in [1.54, 1.807) is 27.7 Å². The van der Waals surface area contributed by atoms with Gasteiger partial charge in [0.05, 0.1) is 17.3 Å². The van der Waals surface area contributed by atoms with Crippen LogP contribution in [0.2, 0.25) is 0 Å². The van der Waals surface area contributed by atoms with Crippen LogP contribution in [0.4, 0.5) is 0 Å². The lowest BCUT2D eigenvalue weighted by Gasteiger charge is -2.38. The van der Waals surface area contributed by atoms with Gasteiger partial charge in [-0.3, -0.25) is 14.3 Å². The molecule has 11 nitrogen and oxygen atoms in total. The quantitative estimate of drug-likeness (QED) is 0.292. The first-order valence-corrected chi connectivity index (χ1v) is 11.5. The number of aliphatic hydroxyl groups excluding tert-OH is 2. The molecule has 0 amide bonds. The van der Waals surface area contributed by atoms with Gasteiger partial charge in [0.2, 0.25) is 0 Å². The molecule has 0 bridgehead atoms. The smallest absolute Gasteiger partial charge is 0.359 e. The molecule has 30 heavy (non-hydrogen) atoms. The van der Waals surface area contributed by atoms with Crippen LogP contribution in [0.3, 0.4) is 0 Å². The van der Waals surface area contributed by atoms with E-state index < -0.39 is 54.2 Å². The molecule has 2 heterocycles. The van der Waals surface area contributed by atoms with Crippen LogP contribution in [0, 0.1) is 0 Å². The molecule has 0 aromatic carbocycles. The molecule has 1 saturated heterocycles. The van der Waals surface area contributed by atoms with Crippen molar-refractivity contribution in [3.8, 4) is 0 Å². The number of nitrogens with one attached hydrogen (secondary N) is 2. The van der Waals surface area contributed by atoms with Crippen molar-refractivity contribution in [2.45, 2.75) is 88.7 Å². The number of H-pyrrole nitrogens is 2. The molecule has 3 unspecified atom stereocenters. The summed E-state index contributed by atoms with van der Waals surface area (Å²) in [5.41, 5.74) is -2.83. The van der Waals surface area contributed by atoms with Crippen LogP contribution in [-0.2, 0) is 13.8 Å². The molecule has 0 radical (unpaired) electrons. The fourth-order valence-electron chi connectivity index (χ4n) is 3.51. The maximum atomic E-state index is 12.8. The van der Waals surface area contributed by atoms with E-state index >= 15 is 0 Å². The number of aromatic nitrogens is 2. The molecule has 1 aliphatic rings. The lowest BCUT2D eigenvalue weighted by atomic mass is 9.92. The van der Waals surface area contributed by atoms with Gasteiger partial charge in [-0.25, -0.2) is 4.79 Å². The maximum absolute atomic E-state index is 12.8. The molecule has 1 aromatic heterocycles. The van der Waals surface area contributed by atoms with Crippen LogP contribution < -0.4 is 11.2 Å². The van der Waals surface area contributed by atoms with Gasteiger partial charge in [-0.1, -0.05) is 20.8 Å². The SMILES string of the molecule is CCC(C)(C[C@H]1O[C@@H](c2c[nH]c(=O)[nH]c2=O)[C@H](O)C1O)OP(=O)(O)C(O)(CC)CC. The van der Waals surface area contributed by atoms with Gasteiger partial charge in [-0.15, -0.1) is 0 Å². The summed E-state index contributed by atoms with van der Waals surface area (Å²) in [4.78, 5) is 38.0. The summed E-state index contributed by atoms with van der Waals surface area (Å²) in [6.07, 6.45) is -3.85. The third kappa shape index (κ3) is 4.77. The summed E-state index contributed by atoms with van der Waals surface area (Å²) in [6.45, 7) is 6.40. The molecule has 6 N–H and O–H groups in total. The first kappa shape index (κ1) is 24.9. The Bertz CT molecular complexity index is 896. The van der Waals surface area contributed by atoms with Crippen molar-refractivity contribution in [3.05, 3.63) is 32.6 Å². The van der Waals surface area contributed by atoms with E-state index in [-0.39, 0.29) is 31.2 Å². The Morgan fingerprint density at radius 1 is 1.17 bits per heavy atom. The molecule has 12 heteroatoms. The van der Waals surface area contributed by atoms with Crippen molar-refractivity contribution >= 4 is 7.60 Å². The summed E-state index contributed by atoms with van der Waals surface area (Å²) >= 11 is 0. The summed E-state index contributed by atoms with van der Waals surface area (Å²) in [5, 5.41) is 29.4. The molecule has 0 spiro atoms. The average Bonchev–Trinajstić information content (AvgIpc) is 2.94. The number of hydrogen-bond acceptors (Lipinski definition) is 8. The Labute approximate surface area is 173 Å². The number of rotatable bonds is 9. The highest BCUT2D eigenvalue weighted by Gasteiger charge is 2.51. The first-order valence-electron chi connectivity index (χ1n) is 9.92. The standard InChI is InChI=1S/C18H31N2O9P/c1-5-17(4,29-30(26,27)18(25,6-2)7-3)8-11-12(21)13(22)14(28-11)10-9-19-16(24)20-15(10)23/h9,11-14,21-22,25H,5-8H2,1-4H3,(H,26,27)(H2,19,20,23,24)/t11-,12?,13-,14+,17?/m1/s1. The second-order valence-electron chi connectivity index (χ2n) is 7.91. The summed E-state index contributed by atoms with van der Waals surface area (Å²) in [6, 6.07) is 0. The van der Waals surface area contributed by atoms with Crippen LogP contribution in [0.25, 0.3) is 0 Å². The van der Waals surface area contributed by atoms with E-state index in [1.165, 1.54) is 0 Å². The third-order valence-corrected chi connectivity index (χ3v) is 8.27. The molecule has 1 aromatic rings. The predicted octanol–water partition coefficient (Wildman–Crippen LogP) is 0.494. The van der Waals surface area contributed by atoms with E-state index in [2.05, 4.69) is 4.98 Å². The molecular weight excluding hydrogens is 419 g/mol. The highest BCUT2D eigenvalue weighted by molar-refractivity contribution is 7.54. The summed E-state index contributed by atoms with van der Waals surface area (Å²) in [7, 11) is -4.47. The largest absolute Gasteiger partial charge is 0.388 e. The van der Waals surface area contributed by atoms with Crippen molar-refractivity contribution in [2.75, 3.05) is 0 Å². The minimum Gasteiger partial charge on any atom is -0.388 e. The number of ether oxygens (including phenoxy) is 1. The molecule has 2 rings (SSSR count). The molecule has 172 valence electrons. The van der Waals surface area contributed by atoms with Gasteiger partial charge < -0.3 is 34.5 Å². The maximum Gasteiger partial charge on any atom is 0.359 e. The summed E-state index contributed by atoms with van der Waals surface area (Å²) in [5.74, 6) is 0. The minimum atomic E-state index is -4.47. The van der Waals surface area contributed by atoms with E-state index in [0.29, 0.717) is 0 Å². The Morgan fingerprint density at radius 3 is 2.27 bits per heavy atom. The highest BCUT2D eigenvalue weighted by Crippen LogP contribution is 2.60. The molecule has 1 fully saturated rings. The van der Waals surface area contributed by atoms with E-state index in [0.717, 1.165) is 6.20 Å². The van der Waals surface area contributed by atoms with E-state index in [4.69, 9.17) is 9.26 Å². The van der Waals surface area contributed by atoms with Crippen molar-refractivity contribution in [1.29, 1.82) is 0 Å². The van der Waals surface area contributed by atoms with E-state index in [9.17, 15) is 34.4 Å². The molecule has 0 aliphatic carbocycles. The van der Waals surface area contributed by atoms with E-state index in [1.807, 2.05) is 4.98 Å². The predicted molar refractivity (Wildman–Crippen MR) is 107 cm³/mol. The molecule has 1 aliphatic heterocycles. The Hall–Kier alpha value is -1.33. The van der Waals surface area contributed by atoms with Gasteiger partial charge in [0.25, 0.3) is 5.56 Å². The van der Waals surface area contributed by atoms with Gasteiger partial charge in [-0.05, 0) is 26.2 Å². The Kier molecular flexibility index (Phi) is 7.51. The van der Waals surface area contributed by atoms with Crippen LogP contribution in [-0.4, -0.2) is 59.4 Å². The fourth-order valence-corrected chi connectivity index (χ4v) is 5.28. The van der Waals surface area contributed by atoms with Crippen molar-refractivity contribution in [1.82, 2.24) is 9.97 Å². The monoisotopic (exact) mass is 450 g/mol. The normalized spacial score (nSPS) is 28.8. The average molecular weight is 450 g/mol. The van der Waals surface area contributed by atoms with Gasteiger partial charge in [0, 0.05) is 12.6 Å². The van der Waals surface area contributed by atoms with Crippen molar-refractivity contribution < 1.29 is 34.0 Å². The van der Waals surface area contributed by atoms with Crippen molar-refractivity contribution in [2.24, 2.45) is 0 Å². The Balaban J connectivity index is 2.25. The van der Waals surface area contributed by atoms with Gasteiger partial charge in [-0.2, -0.15) is 0 Å². The lowest BCUT2D eigenvalue weighted by Crippen LogP contribution is -2.40. The van der Waals surface area contributed by atoms with Gasteiger partial charge in [0.1, 0.15) is 18.3 Å². The second kappa shape index (κ2) is 9.04. The minimum absolute atomic E-state index is 0.00933. The number of aliphatic hydroxyl groups is 3. The number of hydrogen-bond donors (Lipinski definition) is 6. The molecule has 0 saturated carbocycles. The second-order valence-corrected chi connectivity index (χ2v) is 9.97. The molecule has 6 atom stereocenters. The lowest BCUT2D eigenvalue weighted by molar-refractivity contribution is -0.0545. The fraction of sp³-hybridized carbons (Fsp3) is 0.778. The summed E-state index contributed by atoms with van der Waals surface area (Å²) < 4.78 is 24.0. The number of aromatic amines is 2. The van der Waals surface area contributed by atoms with Crippen molar-refractivity contribution in [3.63, 3.8) is 0 Å². The topological polar surface area (TPSA) is 182 Å². The zero-order valence-corrected chi connectivity index (χ0v) is 18.4. The first-order chi connectivity index (χ1) is 13.8. The van der Waals surface area contributed by atoms with Gasteiger partial charge >= 0.3 is 13.3 Å². The zero-order chi connectivity index (χ0) is 22.9. The molecular formula is C18H31N2O9P. The third-order valence-electron chi connectivity index (χ3n) is 5.90. The van der Waals surface area contributed by atoms with Gasteiger partial charge in [0.15, 0.2) is 5.34 Å². The van der Waals surface area contributed by atoms with Crippen LogP contribution in [0.15, 0.2) is 15.8 Å². The zero-order valence-electron chi connectivity index (χ0n) is 17.5. The van der Waals surface area contributed by atoms with Crippen LogP contribution in [0.5, 0.6) is 0 Å². The highest BCUT2D eigenvalue weighted by atomic mass is 31.2. The Morgan fingerprint density at radius 2 is 1.77 bits per heavy atom. The van der Waals surface area contributed by atoms with Crippen LogP contribution >= 0.6 is 7.60 Å². The van der Waals surface area contributed by atoms with Crippen LogP contribution in [0.1, 0.15) is 65.0 Å².